The fourth-order valence-corrected chi connectivity index (χ4v) is 3.40. The number of rotatable bonds is 5. The molecule has 0 saturated heterocycles. The molecule has 1 heterocycles. The molecule has 1 atom stereocenters. The Hall–Kier alpha value is -3.15. The Kier molecular flexibility index (Phi) is 4.98. The van der Waals surface area contributed by atoms with E-state index < -0.39 is 11.3 Å². The third-order valence-corrected chi connectivity index (χ3v) is 5.18. The highest BCUT2D eigenvalue weighted by Gasteiger charge is 2.36. The van der Waals surface area contributed by atoms with Crippen LogP contribution in [0.25, 0.3) is 0 Å². The SMILES string of the molecule is C=CC(C)(C)c1cc([C@H]2COc3cc(O)ccc3C2=O)c(O)c(OC)c1OC. The molecular weight excluding hydrogens is 360 g/mol. The van der Waals surface area contributed by atoms with E-state index in [0.717, 1.165) is 5.56 Å². The van der Waals surface area contributed by atoms with E-state index in [1.165, 1.54) is 32.4 Å². The maximum absolute atomic E-state index is 13.1. The first-order valence-electron chi connectivity index (χ1n) is 8.87. The van der Waals surface area contributed by atoms with Crippen LogP contribution in [0.3, 0.4) is 0 Å². The van der Waals surface area contributed by atoms with Crippen molar-refractivity contribution in [3.63, 3.8) is 0 Å². The molecule has 0 spiro atoms. The zero-order valence-corrected chi connectivity index (χ0v) is 16.4. The Labute approximate surface area is 164 Å². The first kappa shape index (κ1) is 19.6. The lowest BCUT2D eigenvalue weighted by molar-refractivity contribution is 0.0893. The normalized spacial score (nSPS) is 16.1. The van der Waals surface area contributed by atoms with E-state index in [-0.39, 0.29) is 29.6 Å². The summed E-state index contributed by atoms with van der Waals surface area (Å²) in [6.45, 7) is 7.82. The van der Waals surface area contributed by atoms with E-state index in [2.05, 4.69) is 6.58 Å². The summed E-state index contributed by atoms with van der Waals surface area (Å²) in [4.78, 5) is 13.1. The van der Waals surface area contributed by atoms with Gasteiger partial charge in [-0.05, 0) is 18.2 Å². The highest BCUT2D eigenvalue weighted by Crippen LogP contribution is 2.49. The van der Waals surface area contributed by atoms with E-state index in [9.17, 15) is 15.0 Å². The summed E-state index contributed by atoms with van der Waals surface area (Å²) in [6, 6.07) is 6.11. The molecule has 2 aromatic rings. The van der Waals surface area contributed by atoms with Crippen LogP contribution < -0.4 is 14.2 Å². The van der Waals surface area contributed by atoms with E-state index in [1.54, 1.807) is 12.1 Å². The number of benzene rings is 2. The average molecular weight is 384 g/mol. The van der Waals surface area contributed by atoms with Gasteiger partial charge in [0.1, 0.15) is 18.1 Å². The summed E-state index contributed by atoms with van der Waals surface area (Å²) >= 11 is 0. The number of carbonyl (C=O) groups is 1. The predicted octanol–water partition coefficient (Wildman–Crippen LogP) is 3.94. The van der Waals surface area contributed by atoms with Gasteiger partial charge in [0.15, 0.2) is 17.3 Å². The molecule has 2 N–H and O–H groups in total. The molecular formula is C22H24O6. The second-order valence-electron chi connectivity index (χ2n) is 7.26. The number of methoxy groups -OCH3 is 2. The first-order valence-corrected chi connectivity index (χ1v) is 8.87. The molecule has 0 aliphatic carbocycles. The summed E-state index contributed by atoms with van der Waals surface area (Å²) in [5.74, 6) is -0.186. The highest BCUT2D eigenvalue weighted by atomic mass is 16.5. The third-order valence-electron chi connectivity index (χ3n) is 5.18. The van der Waals surface area contributed by atoms with Gasteiger partial charge in [-0.15, -0.1) is 6.58 Å². The Morgan fingerprint density at radius 2 is 1.86 bits per heavy atom. The maximum Gasteiger partial charge on any atom is 0.203 e. The van der Waals surface area contributed by atoms with Gasteiger partial charge in [-0.2, -0.15) is 0 Å². The number of ketones is 1. The molecule has 0 radical (unpaired) electrons. The Balaban J connectivity index is 2.19. The highest BCUT2D eigenvalue weighted by molar-refractivity contribution is 6.04. The van der Waals surface area contributed by atoms with Crippen molar-refractivity contribution in [1.29, 1.82) is 0 Å². The lowest BCUT2D eigenvalue weighted by Gasteiger charge is -2.29. The summed E-state index contributed by atoms with van der Waals surface area (Å²) in [6.07, 6.45) is 1.77. The van der Waals surface area contributed by atoms with Crippen LogP contribution in [-0.2, 0) is 5.41 Å². The molecule has 2 aromatic carbocycles. The van der Waals surface area contributed by atoms with Crippen molar-refractivity contribution in [3.8, 4) is 28.7 Å². The predicted molar refractivity (Wildman–Crippen MR) is 105 cm³/mol. The Bertz CT molecular complexity index is 945. The van der Waals surface area contributed by atoms with Crippen LogP contribution in [0.5, 0.6) is 28.7 Å². The van der Waals surface area contributed by atoms with Gasteiger partial charge in [-0.1, -0.05) is 19.9 Å². The van der Waals surface area contributed by atoms with Crippen molar-refractivity contribution < 1.29 is 29.2 Å². The second-order valence-corrected chi connectivity index (χ2v) is 7.26. The van der Waals surface area contributed by atoms with Gasteiger partial charge in [0.2, 0.25) is 5.75 Å². The molecule has 6 heteroatoms. The zero-order chi connectivity index (χ0) is 20.6. The standard InChI is InChI=1S/C22H24O6/c1-6-22(2,3)16-10-14(19(25)21(27-5)20(16)26-4)15-11-28-17-9-12(23)7-8-13(17)18(15)24/h6-10,15,23,25H,1,11H2,2-5H3/t15-/m1/s1. The van der Waals surface area contributed by atoms with Crippen LogP contribution in [0.1, 0.15) is 41.3 Å². The quantitative estimate of drug-likeness (QED) is 0.760. The summed E-state index contributed by atoms with van der Waals surface area (Å²) in [5.41, 5.74) is 0.988. The van der Waals surface area contributed by atoms with Crippen LogP contribution in [-0.4, -0.2) is 36.8 Å². The fourth-order valence-electron chi connectivity index (χ4n) is 3.40. The van der Waals surface area contributed by atoms with Gasteiger partial charge in [-0.3, -0.25) is 4.79 Å². The summed E-state index contributed by atoms with van der Waals surface area (Å²) < 4.78 is 16.6. The van der Waals surface area contributed by atoms with Gasteiger partial charge < -0.3 is 24.4 Å². The maximum atomic E-state index is 13.1. The minimum Gasteiger partial charge on any atom is -0.508 e. The van der Waals surface area contributed by atoms with Crippen molar-refractivity contribution in [1.82, 2.24) is 0 Å². The minimum atomic E-state index is -0.726. The van der Waals surface area contributed by atoms with E-state index in [1.807, 2.05) is 13.8 Å². The summed E-state index contributed by atoms with van der Waals surface area (Å²) in [7, 11) is 2.93. The van der Waals surface area contributed by atoms with Crippen LogP contribution in [0.2, 0.25) is 0 Å². The number of Topliss-reactive ketones (excluding diaryl/α,β-unsaturated/α-hetero) is 1. The van der Waals surface area contributed by atoms with Crippen molar-refractivity contribution in [2.24, 2.45) is 0 Å². The van der Waals surface area contributed by atoms with Crippen LogP contribution in [0.15, 0.2) is 36.9 Å². The molecule has 28 heavy (non-hydrogen) atoms. The largest absolute Gasteiger partial charge is 0.508 e. The van der Waals surface area contributed by atoms with Crippen molar-refractivity contribution in [2.75, 3.05) is 20.8 Å². The zero-order valence-electron chi connectivity index (χ0n) is 16.4. The fraction of sp³-hybridized carbons (Fsp3) is 0.318. The average Bonchev–Trinajstić information content (AvgIpc) is 2.67. The number of fused-ring (bicyclic) bond motifs is 1. The molecule has 148 valence electrons. The minimum absolute atomic E-state index is 0.0222. The number of ether oxygens (including phenoxy) is 3. The van der Waals surface area contributed by atoms with E-state index >= 15 is 0 Å². The van der Waals surface area contributed by atoms with E-state index in [4.69, 9.17) is 14.2 Å². The lowest BCUT2D eigenvalue weighted by Crippen LogP contribution is -2.27. The molecule has 0 aromatic heterocycles. The number of phenols is 2. The second kappa shape index (κ2) is 7.11. The van der Waals surface area contributed by atoms with Crippen molar-refractivity contribution in [3.05, 3.63) is 53.6 Å². The number of aromatic hydroxyl groups is 2. The molecule has 0 unspecified atom stereocenters. The third kappa shape index (κ3) is 3.05. The number of allylic oxidation sites excluding steroid dienone is 1. The summed E-state index contributed by atoms with van der Waals surface area (Å²) in [5, 5.41) is 20.5. The molecule has 6 nitrogen and oxygen atoms in total. The van der Waals surface area contributed by atoms with Gasteiger partial charge in [-0.25, -0.2) is 0 Å². The molecule has 1 aliphatic heterocycles. The number of carbonyl (C=O) groups excluding carboxylic acids is 1. The topological polar surface area (TPSA) is 85.2 Å². The van der Waals surface area contributed by atoms with E-state index in [0.29, 0.717) is 22.6 Å². The number of hydrogen-bond acceptors (Lipinski definition) is 6. The number of phenolic OH excluding ortho intramolecular Hbond substituents is 2. The first-order chi connectivity index (χ1) is 13.2. The molecule has 0 bridgehead atoms. The van der Waals surface area contributed by atoms with Gasteiger partial charge in [0, 0.05) is 22.6 Å². The van der Waals surface area contributed by atoms with Gasteiger partial charge in [0.05, 0.1) is 25.7 Å². The van der Waals surface area contributed by atoms with Crippen LogP contribution >= 0.6 is 0 Å². The Morgan fingerprint density at radius 1 is 1.18 bits per heavy atom. The van der Waals surface area contributed by atoms with Gasteiger partial charge in [0.25, 0.3) is 0 Å². The van der Waals surface area contributed by atoms with Crippen molar-refractivity contribution in [2.45, 2.75) is 25.2 Å². The molecule has 0 amide bonds. The van der Waals surface area contributed by atoms with Crippen LogP contribution in [0, 0.1) is 0 Å². The molecule has 0 fully saturated rings. The molecule has 1 aliphatic rings. The smallest absolute Gasteiger partial charge is 0.203 e. The lowest BCUT2D eigenvalue weighted by atomic mass is 9.80. The molecule has 0 saturated carbocycles. The monoisotopic (exact) mass is 384 g/mol. The molecule has 3 rings (SSSR count). The Morgan fingerprint density at radius 3 is 2.46 bits per heavy atom. The van der Waals surface area contributed by atoms with Crippen molar-refractivity contribution >= 4 is 5.78 Å². The van der Waals surface area contributed by atoms with Crippen LogP contribution in [0.4, 0.5) is 0 Å². The van der Waals surface area contributed by atoms with Gasteiger partial charge >= 0.3 is 0 Å². The number of hydrogen-bond donors (Lipinski definition) is 2.